The number of amides is 2. The Morgan fingerprint density at radius 3 is 2.67 bits per heavy atom. The fourth-order valence-electron chi connectivity index (χ4n) is 2.82. The normalized spacial score (nSPS) is 13.0. The summed E-state index contributed by atoms with van der Waals surface area (Å²) < 4.78 is 13.3. The van der Waals surface area contributed by atoms with Crippen LogP contribution in [0.4, 0.5) is 4.39 Å². The highest BCUT2D eigenvalue weighted by molar-refractivity contribution is 5.91. The summed E-state index contributed by atoms with van der Waals surface area (Å²) in [5.41, 5.74) is 1.28. The molecule has 8 heteroatoms. The van der Waals surface area contributed by atoms with Gasteiger partial charge in [-0.2, -0.15) is 0 Å². The number of carbonyl (C=O) groups excluding carboxylic acids is 2. The maximum atomic E-state index is 13.3. The zero-order chi connectivity index (χ0) is 20.0. The van der Waals surface area contributed by atoms with Gasteiger partial charge in [0.15, 0.2) is 0 Å². The zero-order valence-electron chi connectivity index (χ0n) is 14.9. The number of allylic oxidation sites excluding steroid dienone is 1. The molecule has 7 nitrogen and oxygen atoms in total. The highest BCUT2D eigenvalue weighted by Gasteiger charge is 2.26. The lowest BCUT2D eigenvalue weighted by atomic mass is 10.0. The fourth-order valence-corrected chi connectivity index (χ4v) is 2.82. The summed E-state index contributed by atoms with van der Waals surface area (Å²) >= 11 is 0. The lowest BCUT2D eigenvalue weighted by Crippen LogP contribution is -2.52. The average molecular weight is 375 g/mol. The van der Waals surface area contributed by atoms with Crippen molar-refractivity contribution in [1.29, 1.82) is 0 Å². The molecule has 0 saturated heterocycles. The van der Waals surface area contributed by atoms with Crippen LogP contribution in [0.1, 0.15) is 25.3 Å². The van der Waals surface area contributed by atoms with Gasteiger partial charge in [0.25, 0.3) is 0 Å². The number of rotatable bonds is 9. The van der Waals surface area contributed by atoms with Crippen LogP contribution in [0.2, 0.25) is 0 Å². The monoisotopic (exact) mass is 375 g/mol. The first-order chi connectivity index (χ1) is 12.8. The van der Waals surface area contributed by atoms with E-state index >= 15 is 0 Å². The molecule has 4 N–H and O–H groups in total. The van der Waals surface area contributed by atoms with E-state index in [0.717, 1.165) is 5.39 Å². The van der Waals surface area contributed by atoms with Gasteiger partial charge in [-0.05, 0) is 36.6 Å². The second-order valence-electron chi connectivity index (χ2n) is 6.23. The molecule has 0 aliphatic rings. The van der Waals surface area contributed by atoms with Crippen molar-refractivity contribution in [3.8, 4) is 0 Å². The summed E-state index contributed by atoms with van der Waals surface area (Å²) in [7, 11) is 0. The van der Waals surface area contributed by atoms with Gasteiger partial charge in [0.2, 0.25) is 11.8 Å². The Bertz CT molecular complexity index is 862. The van der Waals surface area contributed by atoms with Crippen LogP contribution in [0.15, 0.2) is 37.1 Å². The van der Waals surface area contributed by atoms with Crippen molar-refractivity contribution >= 4 is 28.7 Å². The molecule has 1 aromatic heterocycles. The Morgan fingerprint density at radius 2 is 2.04 bits per heavy atom. The van der Waals surface area contributed by atoms with Crippen molar-refractivity contribution in [2.45, 2.75) is 38.3 Å². The molecule has 1 heterocycles. The van der Waals surface area contributed by atoms with Crippen molar-refractivity contribution in [2.75, 3.05) is 0 Å². The third-order valence-electron chi connectivity index (χ3n) is 4.12. The highest BCUT2D eigenvalue weighted by atomic mass is 19.1. The second kappa shape index (κ2) is 8.98. The largest absolute Gasteiger partial charge is 0.480 e. The molecule has 0 bridgehead atoms. The van der Waals surface area contributed by atoms with Crippen molar-refractivity contribution < 1.29 is 23.9 Å². The van der Waals surface area contributed by atoms with Crippen LogP contribution in [0.3, 0.4) is 0 Å². The number of H-pyrrole nitrogens is 1. The van der Waals surface area contributed by atoms with E-state index in [1.54, 1.807) is 18.3 Å². The predicted octanol–water partition coefficient (Wildman–Crippen LogP) is 1.89. The lowest BCUT2D eigenvalue weighted by molar-refractivity contribution is -0.142. The van der Waals surface area contributed by atoms with Crippen LogP contribution in [-0.4, -0.2) is 40.0 Å². The topological polar surface area (TPSA) is 111 Å². The van der Waals surface area contributed by atoms with Gasteiger partial charge in [0.05, 0.1) is 0 Å². The molecule has 1 aromatic carbocycles. The van der Waals surface area contributed by atoms with Gasteiger partial charge < -0.3 is 20.7 Å². The molecule has 2 amide bonds. The van der Waals surface area contributed by atoms with Gasteiger partial charge in [0.1, 0.15) is 17.9 Å². The predicted molar refractivity (Wildman–Crippen MR) is 98.6 cm³/mol. The SMILES string of the molecule is C=CCCC(NC(=O)C(Cc1c[nH]c2cc(F)ccc12)NC(C)=O)C(=O)O. The summed E-state index contributed by atoms with van der Waals surface area (Å²) in [6.07, 6.45) is 3.96. The molecule has 2 rings (SSSR count). The zero-order valence-corrected chi connectivity index (χ0v) is 14.9. The maximum Gasteiger partial charge on any atom is 0.326 e. The number of aliphatic carboxylic acids is 1. The third kappa shape index (κ3) is 5.40. The number of aromatic amines is 1. The lowest BCUT2D eigenvalue weighted by Gasteiger charge is -2.20. The van der Waals surface area contributed by atoms with Gasteiger partial charge in [-0.15, -0.1) is 6.58 Å². The highest BCUT2D eigenvalue weighted by Crippen LogP contribution is 2.20. The van der Waals surface area contributed by atoms with E-state index in [1.807, 2.05) is 0 Å². The summed E-state index contributed by atoms with van der Waals surface area (Å²) in [4.78, 5) is 38.4. The van der Waals surface area contributed by atoms with E-state index in [4.69, 9.17) is 0 Å². The average Bonchev–Trinajstić information content (AvgIpc) is 2.99. The van der Waals surface area contributed by atoms with Gasteiger partial charge in [-0.3, -0.25) is 9.59 Å². The first kappa shape index (κ1) is 20.2. The Balaban J connectivity index is 2.20. The molecule has 144 valence electrons. The first-order valence-electron chi connectivity index (χ1n) is 8.48. The molecule has 0 spiro atoms. The van der Waals surface area contributed by atoms with Crippen molar-refractivity contribution in [3.05, 3.63) is 48.4 Å². The number of hydrogen-bond acceptors (Lipinski definition) is 3. The number of halogens is 1. The minimum absolute atomic E-state index is 0.130. The number of benzene rings is 1. The van der Waals surface area contributed by atoms with E-state index in [0.29, 0.717) is 17.5 Å². The molecule has 0 fully saturated rings. The van der Waals surface area contributed by atoms with Gasteiger partial charge >= 0.3 is 5.97 Å². The summed E-state index contributed by atoms with van der Waals surface area (Å²) in [6.45, 7) is 4.81. The number of carbonyl (C=O) groups is 3. The Hall–Kier alpha value is -3.16. The van der Waals surface area contributed by atoms with Crippen LogP contribution in [0.5, 0.6) is 0 Å². The van der Waals surface area contributed by atoms with Gasteiger partial charge in [-0.1, -0.05) is 6.08 Å². The van der Waals surface area contributed by atoms with Crippen molar-refractivity contribution in [1.82, 2.24) is 15.6 Å². The van der Waals surface area contributed by atoms with E-state index < -0.39 is 35.7 Å². The van der Waals surface area contributed by atoms with Crippen LogP contribution >= 0.6 is 0 Å². The van der Waals surface area contributed by atoms with Crippen LogP contribution in [0, 0.1) is 5.82 Å². The summed E-state index contributed by atoms with van der Waals surface area (Å²) in [5.74, 6) is -2.56. The second-order valence-corrected chi connectivity index (χ2v) is 6.23. The summed E-state index contributed by atoms with van der Waals surface area (Å²) in [6, 6.07) is 2.19. The number of hydrogen-bond donors (Lipinski definition) is 4. The Labute approximate surface area is 155 Å². The van der Waals surface area contributed by atoms with Crippen LogP contribution in [0.25, 0.3) is 10.9 Å². The third-order valence-corrected chi connectivity index (χ3v) is 4.12. The Morgan fingerprint density at radius 1 is 1.30 bits per heavy atom. The van der Waals surface area contributed by atoms with Gasteiger partial charge in [0, 0.05) is 30.4 Å². The van der Waals surface area contributed by atoms with Crippen molar-refractivity contribution in [2.24, 2.45) is 0 Å². The van der Waals surface area contributed by atoms with Gasteiger partial charge in [-0.25, -0.2) is 9.18 Å². The maximum absolute atomic E-state index is 13.3. The smallest absolute Gasteiger partial charge is 0.326 e. The van der Waals surface area contributed by atoms with E-state index in [9.17, 15) is 23.9 Å². The van der Waals surface area contributed by atoms with E-state index in [-0.39, 0.29) is 12.8 Å². The number of nitrogens with one attached hydrogen (secondary N) is 3. The molecule has 2 atom stereocenters. The molecule has 0 radical (unpaired) electrons. The van der Waals surface area contributed by atoms with Crippen LogP contribution < -0.4 is 10.6 Å². The number of aromatic nitrogens is 1. The molecule has 0 aliphatic heterocycles. The number of carboxylic acid groups (broad SMARTS) is 1. The molecular formula is C19H22FN3O4. The standard InChI is InChI=1S/C19H22FN3O4/c1-3-4-5-15(19(26)27)23-18(25)17(22-11(2)24)8-12-10-21-16-9-13(20)6-7-14(12)16/h3,6-7,9-10,15,17,21H,1,4-5,8H2,2H3,(H,22,24)(H,23,25)(H,26,27). The minimum Gasteiger partial charge on any atom is -0.480 e. The van der Waals surface area contributed by atoms with E-state index in [2.05, 4.69) is 22.2 Å². The first-order valence-corrected chi connectivity index (χ1v) is 8.48. The quantitative estimate of drug-likeness (QED) is 0.502. The molecule has 0 aliphatic carbocycles. The molecule has 0 saturated carbocycles. The fraction of sp³-hybridized carbons (Fsp3) is 0.316. The molecule has 2 aromatic rings. The number of carboxylic acids is 1. The summed E-state index contributed by atoms with van der Waals surface area (Å²) in [5, 5.41) is 15.0. The molecular weight excluding hydrogens is 353 g/mol. The molecule has 27 heavy (non-hydrogen) atoms. The van der Waals surface area contributed by atoms with E-state index in [1.165, 1.54) is 19.1 Å². The number of fused-ring (bicyclic) bond motifs is 1. The van der Waals surface area contributed by atoms with Crippen molar-refractivity contribution in [3.63, 3.8) is 0 Å². The molecule has 2 unspecified atom stereocenters. The van der Waals surface area contributed by atoms with Crippen LogP contribution in [-0.2, 0) is 20.8 Å². The minimum atomic E-state index is -1.16. The Kier molecular flexibility index (Phi) is 6.70.